The summed E-state index contributed by atoms with van der Waals surface area (Å²) >= 11 is 5.81. The van der Waals surface area contributed by atoms with Crippen molar-refractivity contribution >= 4 is 21.4 Å². The van der Waals surface area contributed by atoms with Crippen molar-refractivity contribution in [1.82, 2.24) is 0 Å². The van der Waals surface area contributed by atoms with Gasteiger partial charge < -0.3 is 0 Å². The topological polar surface area (TPSA) is 34.1 Å². The molecule has 0 aliphatic heterocycles. The van der Waals surface area contributed by atoms with Crippen molar-refractivity contribution in [3.05, 3.63) is 28.8 Å². The van der Waals surface area contributed by atoms with Crippen LogP contribution in [0.5, 0.6) is 0 Å². The Hall–Kier alpha value is -0.540. The molecule has 0 N–H and O–H groups in total. The van der Waals surface area contributed by atoms with E-state index < -0.39 is 9.84 Å². The summed E-state index contributed by atoms with van der Waals surface area (Å²) in [6, 6.07) is 5.12. The van der Waals surface area contributed by atoms with Gasteiger partial charge in [0.2, 0.25) is 0 Å². The Morgan fingerprint density at radius 2 is 1.35 bits per heavy atom. The van der Waals surface area contributed by atoms with Gasteiger partial charge in [-0.25, -0.2) is 8.42 Å². The van der Waals surface area contributed by atoms with Crippen LogP contribution in [0, 0.1) is 0 Å². The molecule has 0 aliphatic rings. The van der Waals surface area contributed by atoms with E-state index in [1.807, 2.05) is 61.5 Å². The van der Waals surface area contributed by atoms with Crippen molar-refractivity contribution in [2.75, 3.05) is 6.26 Å². The molecule has 0 unspecified atom stereocenters. The van der Waals surface area contributed by atoms with Gasteiger partial charge in [0.1, 0.15) is 0 Å². The van der Waals surface area contributed by atoms with Crippen LogP contribution < -0.4 is 0 Å². The molecule has 120 valence electrons. The Kier molecular flexibility index (Phi) is 16.5. The number of rotatable bonds is 2. The Bertz CT molecular complexity index is 438. The zero-order chi connectivity index (χ0) is 16.9. The molecule has 0 saturated heterocycles. The standard InChI is InChI=1S/C10H13ClO2S.3C2H6/c1-7(2)8-4-5-9(11)10(6-8)14(3,12)13;3*1-2/h4-7H,1-3H3;3*1-2H3. The molecule has 1 rings (SSSR count). The average Bonchev–Trinajstić information content (AvgIpc) is 2.44. The Morgan fingerprint density at radius 1 is 0.950 bits per heavy atom. The normalized spacial score (nSPS) is 9.35. The van der Waals surface area contributed by atoms with Crippen LogP contribution in [0.2, 0.25) is 5.02 Å². The molecule has 20 heavy (non-hydrogen) atoms. The highest BCUT2D eigenvalue weighted by molar-refractivity contribution is 7.90. The lowest BCUT2D eigenvalue weighted by molar-refractivity contribution is 0.601. The van der Waals surface area contributed by atoms with Crippen LogP contribution in [0.25, 0.3) is 0 Å². The summed E-state index contributed by atoms with van der Waals surface area (Å²) in [4.78, 5) is 0.213. The van der Waals surface area contributed by atoms with Gasteiger partial charge in [-0.3, -0.25) is 0 Å². The van der Waals surface area contributed by atoms with Crippen LogP contribution in [-0.4, -0.2) is 14.7 Å². The third-order valence-electron chi connectivity index (χ3n) is 2.02. The smallest absolute Gasteiger partial charge is 0.177 e. The Labute approximate surface area is 131 Å². The third-order valence-corrected chi connectivity index (χ3v) is 3.60. The van der Waals surface area contributed by atoms with Gasteiger partial charge in [0, 0.05) is 6.26 Å². The number of hydrogen-bond acceptors (Lipinski definition) is 2. The highest BCUT2D eigenvalue weighted by Crippen LogP contribution is 2.25. The molecule has 0 saturated carbocycles. The molecule has 0 atom stereocenters. The van der Waals surface area contributed by atoms with E-state index in [9.17, 15) is 8.42 Å². The molecule has 0 aromatic heterocycles. The second-order valence-electron chi connectivity index (χ2n) is 3.62. The molecule has 1 aromatic rings. The van der Waals surface area contributed by atoms with Gasteiger partial charge in [-0.1, -0.05) is 73.1 Å². The zero-order valence-electron chi connectivity index (χ0n) is 14.4. The summed E-state index contributed by atoms with van der Waals surface area (Å²) in [5.41, 5.74) is 0.981. The van der Waals surface area contributed by atoms with Gasteiger partial charge in [-0.15, -0.1) is 0 Å². The van der Waals surface area contributed by atoms with E-state index in [4.69, 9.17) is 11.6 Å². The molecule has 0 spiro atoms. The summed E-state index contributed by atoms with van der Waals surface area (Å²) in [6.07, 6.45) is 1.16. The third kappa shape index (κ3) is 9.38. The lowest BCUT2D eigenvalue weighted by Gasteiger charge is -2.08. The minimum absolute atomic E-state index is 0.213. The lowest BCUT2D eigenvalue weighted by Crippen LogP contribution is -2.00. The molecular formula is C16H31ClO2S. The fourth-order valence-electron chi connectivity index (χ4n) is 1.16. The first-order valence-electron chi connectivity index (χ1n) is 7.32. The molecule has 1 aromatic carbocycles. The largest absolute Gasteiger partial charge is 0.224 e. The minimum atomic E-state index is -3.22. The molecule has 0 amide bonds. The molecule has 4 heteroatoms. The average molecular weight is 323 g/mol. The first-order valence-corrected chi connectivity index (χ1v) is 9.59. The first kappa shape index (κ1) is 24.5. The van der Waals surface area contributed by atoms with Gasteiger partial charge in [0.15, 0.2) is 9.84 Å². The second-order valence-corrected chi connectivity index (χ2v) is 6.01. The number of hydrogen-bond donors (Lipinski definition) is 0. The summed E-state index contributed by atoms with van der Waals surface area (Å²) in [7, 11) is -3.22. The van der Waals surface area contributed by atoms with E-state index in [1.165, 1.54) is 6.26 Å². The van der Waals surface area contributed by atoms with Crippen molar-refractivity contribution in [2.24, 2.45) is 0 Å². The predicted octanol–water partition coefficient (Wildman–Crippen LogP) is 5.95. The molecular weight excluding hydrogens is 292 g/mol. The Balaban J connectivity index is -0.000000425. The Morgan fingerprint density at radius 3 is 1.65 bits per heavy atom. The first-order chi connectivity index (χ1) is 9.32. The monoisotopic (exact) mass is 322 g/mol. The van der Waals surface area contributed by atoms with Crippen LogP contribution >= 0.6 is 11.6 Å². The van der Waals surface area contributed by atoms with Gasteiger partial charge in [0.25, 0.3) is 0 Å². The van der Waals surface area contributed by atoms with Crippen LogP contribution in [0.3, 0.4) is 0 Å². The summed E-state index contributed by atoms with van der Waals surface area (Å²) in [5.74, 6) is 0.299. The van der Waals surface area contributed by atoms with Crippen LogP contribution in [0.4, 0.5) is 0 Å². The van der Waals surface area contributed by atoms with E-state index >= 15 is 0 Å². The zero-order valence-corrected chi connectivity index (χ0v) is 16.0. The van der Waals surface area contributed by atoms with Crippen molar-refractivity contribution in [1.29, 1.82) is 0 Å². The lowest BCUT2D eigenvalue weighted by atomic mass is 10.0. The van der Waals surface area contributed by atoms with E-state index in [0.29, 0.717) is 5.92 Å². The SMILES string of the molecule is CC.CC.CC.CC(C)c1ccc(Cl)c(S(C)(=O)=O)c1. The van der Waals surface area contributed by atoms with E-state index in [-0.39, 0.29) is 9.92 Å². The molecule has 0 fully saturated rings. The molecule has 0 aliphatic carbocycles. The van der Waals surface area contributed by atoms with Crippen molar-refractivity contribution < 1.29 is 8.42 Å². The molecule has 2 nitrogen and oxygen atoms in total. The van der Waals surface area contributed by atoms with Gasteiger partial charge in [0.05, 0.1) is 9.92 Å². The van der Waals surface area contributed by atoms with Crippen LogP contribution in [0.1, 0.15) is 66.9 Å². The van der Waals surface area contributed by atoms with E-state index in [0.717, 1.165) is 5.56 Å². The number of sulfone groups is 1. The maximum Gasteiger partial charge on any atom is 0.177 e. The summed E-state index contributed by atoms with van der Waals surface area (Å²) in [6.45, 7) is 16.0. The minimum Gasteiger partial charge on any atom is -0.224 e. The van der Waals surface area contributed by atoms with Crippen molar-refractivity contribution in [3.63, 3.8) is 0 Å². The molecule has 0 heterocycles. The van der Waals surface area contributed by atoms with Crippen molar-refractivity contribution in [2.45, 2.75) is 66.2 Å². The van der Waals surface area contributed by atoms with Gasteiger partial charge in [-0.05, 0) is 23.6 Å². The number of halogens is 1. The van der Waals surface area contributed by atoms with E-state index in [1.54, 1.807) is 12.1 Å². The van der Waals surface area contributed by atoms with Crippen LogP contribution in [-0.2, 0) is 9.84 Å². The second kappa shape index (κ2) is 13.4. The molecule has 0 bridgehead atoms. The van der Waals surface area contributed by atoms with Crippen molar-refractivity contribution in [3.8, 4) is 0 Å². The highest BCUT2D eigenvalue weighted by atomic mass is 35.5. The summed E-state index contributed by atoms with van der Waals surface area (Å²) in [5, 5.41) is 0.289. The van der Waals surface area contributed by atoms with Crippen LogP contribution in [0.15, 0.2) is 23.1 Å². The predicted molar refractivity (Wildman–Crippen MR) is 92.7 cm³/mol. The fourth-order valence-corrected chi connectivity index (χ4v) is 2.47. The van der Waals surface area contributed by atoms with Gasteiger partial charge >= 0.3 is 0 Å². The van der Waals surface area contributed by atoms with Gasteiger partial charge in [-0.2, -0.15) is 0 Å². The summed E-state index contributed by atoms with van der Waals surface area (Å²) < 4.78 is 22.7. The quantitative estimate of drug-likeness (QED) is 0.674. The maximum absolute atomic E-state index is 11.3. The maximum atomic E-state index is 11.3. The number of benzene rings is 1. The van der Waals surface area contributed by atoms with E-state index in [2.05, 4.69) is 0 Å². The highest BCUT2D eigenvalue weighted by Gasteiger charge is 2.13. The fraction of sp³-hybridized carbons (Fsp3) is 0.625. The molecule has 0 radical (unpaired) electrons.